The molecule has 5 heterocycles. The van der Waals surface area contributed by atoms with E-state index in [1.54, 1.807) is 56.6 Å². The molecular formula is C44H52ClN13O6. The van der Waals surface area contributed by atoms with E-state index in [0.717, 1.165) is 32.4 Å². The average Bonchev–Trinajstić information content (AvgIpc) is 4.04. The van der Waals surface area contributed by atoms with Gasteiger partial charge >= 0.3 is 0 Å². The standard InChI is InChI=1S/C44H51N13O6.ClH/c1-6-56-33(20-26(3)52-56)41(60)50-43-48-31-22-29(39(45)58)24-35(62-5)37(31)54(43)17-9-10-18-55-38-32(49-44(55)51-42(61)34-21-27(4)53-57(34)7-2)23-30(40(46)59)25-36(38)63-19-11-8-12-28-13-15-47-16-14-28;/h9-10,20-25,28,47H,6-7,12-19H2,1-5H3,(H2,45,58)(H2,46,59)(H,48,50,60)(H,49,51,61);1H/b10-9+;. The Kier molecular flexibility index (Phi) is 14.7. The minimum absolute atomic E-state index is 0. The van der Waals surface area contributed by atoms with Crippen LogP contribution in [-0.2, 0) is 26.2 Å². The van der Waals surface area contributed by atoms with Gasteiger partial charge in [-0.15, -0.1) is 12.4 Å². The number of rotatable bonds is 16. The fourth-order valence-corrected chi connectivity index (χ4v) is 7.65. The second-order valence-corrected chi connectivity index (χ2v) is 15.1. The molecule has 4 amide bonds. The molecule has 0 unspecified atom stereocenters. The number of methoxy groups -OCH3 is 1. The van der Waals surface area contributed by atoms with Crippen LogP contribution in [0.4, 0.5) is 11.9 Å². The lowest BCUT2D eigenvalue weighted by molar-refractivity contribution is 0.0991. The lowest BCUT2D eigenvalue weighted by Crippen LogP contribution is -2.27. The highest BCUT2D eigenvalue weighted by Crippen LogP contribution is 2.33. The molecule has 0 aliphatic carbocycles. The number of aryl methyl sites for hydroxylation is 4. The number of nitrogens with two attached hydrogens (primary N) is 2. The first kappa shape index (κ1) is 46.3. The third kappa shape index (κ3) is 10.0. The monoisotopic (exact) mass is 893 g/mol. The molecule has 6 aromatic rings. The third-order valence-corrected chi connectivity index (χ3v) is 10.7. The number of imidazole rings is 2. The summed E-state index contributed by atoms with van der Waals surface area (Å²) in [6.45, 7) is 10.6. The van der Waals surface area contributed by atoms with Gasteiger partial charge in [0.2, 0.25) is 23.7 Å². The summed E-state index contributed by atoms with van der Waals surface area (Å²) < 4.78 is 18.6. The van der Waals surface area contributed by atoms with Crippen molar-refractivity contribution in [3.8, 4) is 23.3 Å². The van der Waals surface area contributed by atoms with Gasteiger partial charge < -0.3 is 35.4 Å². The number of aromatic nitrogens is 8. The Hall–Kier alpha value is -7.17. The summed E-state index contributed by atoms with van der Waals surface area (Å²) in [5, 5.41) is 18.1. The number of ether oxygens (including phenoxy) is 2. The summed E-state index contributed by atoms with van der Waals surface area (Å²) in [6.07, 6.45) is 6.58. The van der Waals surface area contributed by atoms with Crippen LogP contribution in [-0.4, -0.2) is 89.1 Å². The molecule has 7 rings (SSSR count). The van der Waals surface area contributed by atoms with Crippen molar-refractivity contribution >= 4 is 70.0 Å². The summed E-state index contributed by atoms with van der Waals surface area (Å²) >= 11 is 0. The van der Waals surface area contributed by atoms with Crippen LogP contribution in [0.25, 0.3) is 22.1 Å². The number of allylic oxidation sites excluding steroid dienone is 2. The Morgan fingerprint density at radius 3 is 1.72 bits per heavy atom. The number of amides is 4. The van der Waals surface area contributed by atoms with Crippen molar-refractivity contribution in [1.29, 1.82) is 0 Å². The van der Waals surface area contributed by atoms with E-state index >= 15 is 0 Å². The van der Waals surface area contributed by atoms with E-state index in [2.05, 4.69) is 38.0 Å². The Balaban J connectivity index is 0.00000680. The molecule has 4 aromatic heterocycles. The Bertz CT molecular complexity index is 2820. The first-order valence-electron chi connectivity index (χ1n) is 20.8. The third-order valence-electron chi connectivity index (χ3n) is 10.7. The summed E-state index contributed by atoms with van der Waals surface area (Å²) in [7, 11) is 1.46. The van der Waals surface area contributed by atoms with Gasteiger partial charge in [-0.3, -0.25) is 39.2 Å². The smallest absolute Gasteiger partial charge is 0.276 e. The van der Waals surface area contributed by atoms with Gasteiger partial charge in [-0.05, 0) is 95.9 Å². The molecule has 0 atom stereocenters. The summed E-state index contributed by atoms with van der Waals surface area (Å²) in [4.78, 5) is 61.7. The van der Waals surface area contributed by atoms with Gasteiger partial charge in [-0.2, -0.15) is 10.2 Å². The molecule has 0 radical (unpaired) electrons. The number of halogens is 1. The lowest BCUT2D eigenvalue weighted by Gasteiger charge is -2.20. The van der Waals surface area contributed by atoms with Crippen LogP contribution in [0.5, 0.6) is 11.5 Å². The molecule has 1 aliphatic rings. The minimum atomic E-state index is -0.677. The zero-order chi connectivity index (χ0) is 44.8. The number of primary amides is 2. The zero-order valence-electron chi connectivity index (χ0n) is 36.4. The van der Waals surface area contributed by atoms with E-state index < -0.39 is 23.6 Å². The number of nitrogens with one attached hydrogen (secondary N) is 3. The number of fused-ring (bicyclic) bond motifs is 2. The lowest BCUT2D eigenvalue weighted by atomic mass is 9.95. The van der Waals surface area contributed by atoms with Gasteiger partial charge in [0.15, 0.2) is 0 Å². The molecule has 19 nitrogen and oxygen atoms in total. The van der Waals surface area contributed by atoms with Crippen molar-refractivity contribution in [1.82, 2.24) is 44.0 Å². The maximum Gasteiger partial charge on any atom is 0.276 e. The predicted octanol–water partition coefficient (Wildman–Crippen LogP) is 4.60. The molecule has 1 aliphatic heterocycles. The molecule has 1 fully saturated rings. The van der Waals surface area contributed by atoms with Crippen LogP contribution >= 0.6 is 12.4 Å². The van der Waals surface area contributed by atoms with Crippen LogP contribution in [0, 0.1) is 31.6 Å². The van der Waals surface area contributed by atoms with E-state index in [1.165, 1.54) is 19.2 Å². The van der Waals surface area contributed by atoms with Gasteiger partial charge in [0.25, 0.3) is 11.8 Å². The predicted molar refractivity (Wildman–Crippen MR) is 244 cm³/mol. The number of carbonyl (C=O) groups excluding carboxylic acids is 4. The van der Waals surface area contributed by atoms with Gasteiger partial charge in [0.05, 0.1) is 29.5 Å². The van der Waals surface area contributed by atoms with Crippen molar-refractivity contribution in [2.24, 2.45) is 17.4 Å². The maximum atomic E-state index is 13.8. The molecule has 0 saturated carbocycles. The largest absolute Gasteiger partial charge is 0.494 e. The Morgan fingerprint density at radius 1 is 0.766 bits per heavy atom. The number of benzene rings is 2. The normalized spacial score (nSPS) is 12.8. The second-order valence-electron chi connectivity index (χ2n) is 15.1. The zero-order valence-corrected chi connectivity index (χ0v) is 37.2. The molecule has 64 heavy (non-hydrogen) atoms. The Labute approximate surface area is 375 Å². The summed E-state index contributed by atoms with van der Waals surface area (Å²) in [5.74, 6) is 5.63. The van der Waals surface area contributed by atoms with Gasteiger partial charge in [-0.25, -0.2) is 9.97 Å². The highest BCUT2D eigenvalue weighted by Gasteiger charge is 2.24. The molecule has 336 valence electrons. The van der Waals surface area contributed by atoms with Crippen molar-refractivity contribution in [3.05, 3.63) is 82.5 Å². The van der Waals surface area contributed by atoms with Crippen molar-refractivity contribution in [2.75, 3.05) is 37.4 Å². The fourth-order valence-electron chi connectivity index (χ4n) is 7.65. The Morgan fingerprint density at radius 2 is 1.25 bits per heavy atom. The number of piperidine rings is 1. The first-order chi connectivity index (χ1) is 30.4. The van der Waals surface area contributed by atoms with Crippen LogP contribution < -0.4 is 36.9 Å². The van der Waals surface area contributed by atoms with E-state index in [0.29, 0.717) is 75.3 Å². The number of hydrogen-bond acceptors (Lipinski definition) is 11. The highest BCUT2D eigenvalue weighted by atomic mass is 35.5. The van der Waals surface area contributed by atoms with Crippen molar-refractivity contribution in [3.63, 3.8) is 0 Å². The molecule has 1 saturated heterocycles. The number of nitrogens with zero attached hydrogens (tertiary/aromatic N) is 8. The minimum Gasteiger partial charge on any atom is -0.494 e. The first-order valence-corrected chi connectivity index (χ1v) is 20.8. The average molecular weight is 894 g/mol. The van der Waals surface area contributed by atoms with E-state index in [9.17, 15) is 19.2 Å². The quantitative estimate of drug-likeness (QED) is 0.0664. The van der Waals surface area contributed by atoms with Gasteiger partial charge in [0, 0.05) is 43.7 Å². The van der Waals surface area contributed by atoms with E-state index in [1.807, 2.05) is 26.0 Å². The van der Waals surface area contributed by atoms with E-state index in [-0.39, 0.29) is 55.1 Å². The fraction of sp³-hybridized carbons (Fsp3) is 0.364. The van der Waals surface area contributed by atoms with Gasteiger partial charge in [0.1, 0.15) is 40.5 Å². The summed E-state index contributed by atoms with van der Waals surface area (Å²) in [6, 6.07) is 9.54. The number of anilines is 2. The van der Waals surface area contributed by atoms with Crippen LogP contribution in [0.2, 0.25) is 0 Å². The van der Waals surface area contributed by atoms with Crippen LogP contribution in [0.15, 0.2) is 48.6 Å². The van der Waals surface area contributed by atoms with Crippen LogP contribution in [0.1, 0.15) is 86.2 Å². The second kappa shape index (κ2) is 20.3. The SMILES string of the molecule is CCn1nc(C)cc1C(=O)Nc1nc2cc(C(N)=O)cc(OC)c2n1C/C=C/Cn1c(NC(=O)c2cc(C)nn2CC)nc2cc(C(N)=O)cc(OCC#CCC3CCNCC3)c21.Cl. The molecule has 0 spiro atoms. The summed E-state index contributed by atoms with van der Waals surface area (Å²) in [5.41, 5.74) is 15.5. The van der Waals surface area contributed by atoms with Crippen molar-refractivity contribution < 1.29 is 28.7 Å². The molecule has 20 heteroatoms. The van der Waals surface area contributed by atoms with Crippen LogP contribution in [0.3, 0.4) is 0 Å². The number of hydrogen-bond donors (Lipinski definition) is 5. The number of carbonyl (C=O) groups is 4. The van der Waals surface area contributed by atoms with Gasteiger partial charge in [-0.1, -0.05) is 24.0 Å². The van der Waals surface area contributed by atoms with E-state index in [4.69, 9.17) is 30.9 Å². The molecule has 2 aromatic carbocycles. The maximum absolute atomic E-state index is 13.8. The van der Waals surface area contributed by atoms with Crippen molar-refractivity contribution in [2.45, 2.75) is 73.1 Å². The topological polar surface area (TPSA) is 246 Å². The molecule has 7 N–H and O–H groups in total. The molecular weight excluding hydrogens is 842 g/mol. The highest BCUT2D eigenvalue weighted by molar-refractivity contribution is 6.05. The molecule has 0 bridgehead atoms.